The Morgan fingerprint density at radius 2 is 2.18 bits per heavy atom. The highest BCUT2D eigenvalue weighted by molar-refractivity contribution is 8.15. The largest absolute Gasteiger partial charge is 0.378 e. The summed E-state index contributed by atoms with van der Waals surface area (Å²) in [6.45, 7) is 0.777. The zero-order valence-electron chi connectivity index (χ0n) is 17.7. The lowest BCUT2D eigenvalue weighted by atomic mass is 9.86. The van der Waals surface area contributed by atoms with Crippen molar-refractivity contribution in [1.29, 1.82) is 5.26 Å². The number of amides is 1. The van der Waals surface area contributed by atoms with Crippen LogP contribution in [0.2, 0.25) is 0 Å². The summed E-state index contributed by atoms with van der Waals surface area (Å²) in [7, 11) is 0. The van der Waals surface area contributed by atoms with Gasteiger partial charge in [0.25, 0.3) is 6.43 Å². The van der Waals surface area contributed by atoms with Crippen LogP contribution in [0.25, 0.3) is 11.9 Å². The second kappa shape index (κ2) is 8.72. The summed E-state index contributed by atoms with van der Waals surface area (Å²) in [6, 6.07) is 5.99. The van der Waals surface area contributed by atoms with E-state index in [9.17, 15) is 22.4 Å². The maximum Gasteiger partial charge on any atom is 0.255 e. The molecule has 0 bridgehead atoms. The Morgan fingerprint density at radius 3 is 2.82 bits per heavy atom. The minimum absolute atomic E-state index is 0.00128. The van der Waals surface area contributed by atoms with E-state index in [0.29, 0.717) is 0 Å². The molecule has 34 heavy (non-hydrogen) atoms. The highest BCUT2D eigenvalue weighted by Crippen LogP contribution is 2.66. The number of nitrogens with one attached hydrogen (secondary N) is 1. The van der Waals surface area contributed by atoms with Gasteiger partial charge in [0, 0.05) is 23.9 Å². The highest BCUT2D eigenvalue weighted by Gasteiger charge is 2.70. The van der Waals surface area contributed by atoms with Crippen molar-refractivity contribution >= 4 is 34.7 Å². The molecule has 12 heteroatoms. The summed E-state index contributed by atoms with van der Waals surface area (Å²) in [5.74, 6) is -2.75. The molecular weight excluding hydrogens is 472 g/mol. The first kappa shape index (κ1) is 23.7. The summed E-state index contributed by atoms with van der Waals surface area (Å²) in [4.78, 5) is 24.6. The molecule has 176 valence electrons. The first-order chi connectivity index (χ1) is 16.1. The van der Waals surface area contributed by atoms with Crippen LogP contribution < -0.4 is 11.1 Å². The average Bonchev–Trinajstić information content (AvgIpc) is 3.55. The maximum atomic E-state index is 14.9. The lowest BCUT2D eigenvalue weighted by molar-refractivity contribution is -0.122. The minimum atomic E-state index is -2.71. The van der Waals surface area contributed by atoms with Crippen molar-refractivity contribution in [2.45, 2.75) is 30.1 Å². The van der Waals surface area contributed by atoms with Crippen LogP contribution >= 0.6 is 11.8 Å². The van der Waals surface area contributed by atoms with E-state index in [1.54, 1.807) is 6.92 Å². The summed E-state index contributed by atoms with van der Waals surface area (Å²) in [6.07, 6.45) is 0.992. The Labute approximate surface area is 196 Å². The molecular formula is C22H18F4N6OS. The van der Waals surface area contributed by atoms with Crippen molar-refractivity contribution in [2.24, 2.45) is 16.6 Å². The molecule has 3 atom stereocenters. The molecule has 2 aliphatic rings. The molecule has 3 heterocycles. The Hall–Kier alpha value is -3.46. The predicted molar refractivity (Wildman–Crippen MR) is 119 cm³/mol. The van der Waals surface area contributed by atoms with Gasteiger partial charge in [-0.05, 0) is 43.2 Å². The first-order valence-electron chi connectivity index (χ1n) is 10.1. The molecule has 0 aromatic carbocycles. The van der Waals surface area contributed by atoms with Gasteiger partial charge >= 0.3 is 0 Å². The summed E-state index contributed by atoms with van der Waals surface area (Å²) >= 11 is 0.965. The van der Waals surface area contributed by atoms with Gasteiger partial charge in [0.05, 0.1) is 23.3 Å². The Bertz CT molecular complexity index is 1240. The van der Waals surface area contributed by atoms with Crippen LogP contribution in [0.3, 0.4) is 0 Å². The standard InChI is InChI=1S/C22H18F4N6OS/c1-21(16-6-22(16,34-20(28)32-21)19(33)31-10-17(24)25)13-4-12(9-30-18(13)26)5-14(23)15-3-2-11(7-27)8-29-15/h2-5,8-9,16-17H,6,10H2,1H3,(H2,28,32)(H,31,33)/b14-5-/t16?,21-,22+/m1/s1. The maximum absolute atomic E-state index is 14.9. The molecule has 7 nitrogen and oxygen atoms in total. The van der Waals surface area contributed by atoms with Crippen LogP contribution in [0, 0.1) is 23.2 Å². The van der Waals surface area contributed by atoms with Crippen molar-refractivity contribution in [3.8, 4) is 6.07 Å². The van der Waals surface area contributed by atoms with Crippen molar-refractivity contribution in [3.63, 3.8) is 0 Å². The molecule has 1 aliphatic carbocycles. The number of pyridine rings is 2. The number of carbonyl (C=O) groups excluding carboxylic acids is 1. The third kappa shape index (κ3) is 4.23. The second-order valence-electron chi connectivity index (χ2n) is 8.09. The number of thioether (sulfide) groups is 1. The van der Waals surface area contributed by atoms with Gasteiger partial charge < -0.3 is 11.1 Å². The molecule has 4 rings (SSSR count). The molecule has 1 fully saturated rings. The summed E-state index contributed by atoms with van der Waals surface area (Å²) in [5, 5.41) is 11.1. The third-order valence-electron chi connectivity index (χ3n) is 5.86. The quantitative estimate of drug-likeness (QED) is 0.474. The van der Waals surface area contributed by atoms with Crippen LogP contribution in [0.1, 0.15) is 35.7 Å². The number of carbonyl (C=O) groups is 1. The number of aliphatic imine (C=N–C) groups is 1. The Kier molecular flexibility index (Phi) is 6.07. The Balaban J connectivity index is 1.66. The molecule has 2 aromatic heterocycles. The first-order valence-corrected chi connectivity index (χ1v) is 10.9. The van der Waals surface area contributed by atoms with Gasteiger partial charge in [-0.15, -0.1) is 0 Å². The number of halogens is 4. The van der Waals surface area contributed by atoms with E-state index in [2.05, 4.69) is 20.3 Å². The molecule has 0 spiro atoms. The topological polar surface area (TPSA) is 117 Å². The normalized spacial score (nSPS) is 25.9. The number of nitriles is 1. The summed E-state index contributed by atoms with van der Waals surface area (Å²) in [5.41, 5.74) is 5.09. The number of alkyl halides is 2. The lowest BCUT2D eigenvalue weighted by Crippen LogP contribution is -2.45. The average molecular weight is 490 g/mol. The zero-order valence-corrected chi connectivity index (χ0v) is 18.5. The van der Waals surface area contributed by atoms with Crippen LogP contribution in [-0.4, -0.2) is 38.8 Å². The number of amidine groups is 1. The van der Waals surface area contributed by atoms with Crippen molar-refractivity contribution in [2.75, 3.05) is 6.54 Å². The van der Waals surface area contributed by atoms with Gasteiger partial charge in [-0.1, -0.05) is 11.8 Å². The van der Waals surface area contributed by atoms with Crippen molar-refractivity contribution in [3.05, 3.63) is 58.9 Å². The number of hydrogen-bond acceptors (Lipinski definition) is 7. The van der Waals surface area contributed by atoms with E-state index >= 15 is 0 Å². The number of nitrogens with two attached hydrogens (primary N) is 1. The molecule has 1 unspecified atom stereocenters. The Morgan fingerprint density at radius 1 is 1.41 bits per heavy atom. The molecule has 1 aliphatic heterocycles. The summed E-state index contributed by atoms with van der Waals surface area (Å²) < 4.78 is 53.6. The van der Waals surface area contributed by atoms with E-state index in [0.717, 1.165) is 24.0 Å². The van der Waals surface area contributed by atoms with Crippen LogP contribution in [0.4, 0.5) is 17.6 Å². The van der Waals surface area contributed by atoms with E-state index < -0.39 is 46.9 Å². The van der Waals surface area contributed by atoms with E-state index in [-0.39, 0.29) is 34.0 Å². The number of rotatable bonds is 6. The van der Waals surface area contributed by atoms with Gasteiger partial charge in [0.15, 0.2) is 5.17 Å². The smallest absolute Gasteiger partial charge is 0.255 e. The van der Waals surface area contributed by atoms with Crippen LogP contribution in [-0.2, 0) is 10.3 Å². The van der Waals surface area contributed by atoms with Crippen molar-refractivity contribution < 1.29 is 22.4 Å². The highest BCUT2D eigenvalue weighted by atomic mass is 32.2. The molecule has 1 saturated carbocycles. The number of aromatic nitrogens is 2. The van der Waals surface area contributed by atoms with Crippen molar-refractivity contribution in [1.82, 2.24) is 15.3 Å². The molecule has 1 amide bonds. The van der Waals surface area contributed by atoms with Crippen LogP contribution in [0.5, 0.6) is 0 Å². The van der Waals surface area contributed by atoms with Crippen LogP contribution in [0.15, 0.2) is 35.6 Å². The second-order valence-corrected chi connectivity index (χ2v) is 9.44. The minimum Gasteiger partial charge on any atom is -0.378 e. The fraction of sp³-hybridized carbons (Fsp3) is 0.318. The van der Waals surface area contributed by atoms with Gasteiger partial charge in [-0.2, -0.15) is 9.65 Å². The lowest BCUT2D eigenvalue weighted by Gasteiger charge is -2.33. The van der Waals surface area contributed by atoms with E-state index in [1.165, 1.54) is 24.4 Å². The predicted octanol–water partition coefficient (Wildman–Crippen LogP) is 3.37. The van der Waals surface area contributed by atoms with Gasteiger partial charge in [0.1, 0.15) is 16.6 Å². The SMILES string of the molecule is C[C@]1(c2cc(/C=C(\F)c3ccc(C#N)cn3)cnc2F)N=C(N)S[C@@]2(C(=O)NCC(F)F)CC21. The molecule has 0 saturated heterocycles. The molecule has 3 N–H and O–H groups in total. The van der Waals surface area contributed by atoms with Gasteiger partial charge in [-0.3, -0.25) is 14.8 Å². The molecule has 2 aromatic rings. The number of fused-ring (bicyclic) bond motifs is 1. The number of nitrogens with zero attached hydrogens (tertiary/aromatic N) is 4. The van der Waals surface area contributed by atoms with E-state index in [1.807, 2.05) is 6.07 Å². The van der Waals surface area contributed by atoms with Gasteiger partial charge in [0.2, 0.25) is 11.9 Å². The zero-order chi connectivity index (χ0) is 24.7. The third-order valence-corrected chi connectivity index (χ3v) is 7.16. The van der Waals surface area contributed by atoms with Gasteiger partial charge in [-0.25, -0.2) is 18.2 Å². The fourth-order valence-corrected chi connectivity index (χ4v) is 5.51. The fourth-order valence-electron chi connectivity index (χ4n) is 4.11. The molecule has 0 radical (unpaired) electrons. The number of hydrogen-bond donors (Lipinski definition) is 2. The monoisotopic (exact) mass is 490 g/mol. The van der Waals surface area contributed by atoms with E-state index in [4.69, 9.17) is 11.0 Å².